The van der Waals surface area contributed by atoms with Crippen LogP contribution in [-0.2, 0) is 14.2 Å². The van der Waals surface area contributed by atoms with Crippen molar-refractivity contribution < 1.29 is 29.2 Å². The van der Waals surface area contributed by atoms with E-state index in [-0.39, 0.29) is 13.2 Å². The highest BCUT2D eigenvalue weighted by atomic mass is 16.5. The number of primary amides is 1. The summed E-state index contributed by atoms with van der Waals surface area (Å²) in [6.07, 6.45) is 1.23. The highest BCUT2D eigenvalue weighted by Crippen LogP contribution is 1.85. The average molecular weight is 297 g/mol. The molecule has 0 saturated carbocycles. The van der Waals surface area contributed by atoms with E-state index in [1.165, 1.54) is 0 Å². The van der Waals surface area contributed by atoms with Gasteiger partial charge in [-0.15, -0.1) is 0 Å². The summed E-state index contributed by atoms with van der Waals surface area (Å²) in [5, 5.41) is 16.2. The number of hydrogen-bond donors (Lipinski definition) is 3. The Kier molecular flexibility index (Phi) is 32.2. The van der Waals surface area contributed by atoms with Crippen molar-refractivity contribution in [3.63, 3.8) is 0 Å². The second-order valence-corrected chi connectivity index (χ2v) is 3.36. The van der Waals surface area contributed by atoms with Gasteiger partial charge in [0.15, 0.2) is 0 Å². The number of hydrogen-bond acceptors (Lipinski definition) is 6. The molecule has 0 saturated heterocycles. The molecule has 0 rings (SSSR count). The lowest BCUT2D eigenvalue weighted by Crippen LogP contribution is -2.13. The van der Waals surface area contributed by atoms with Gasteiger partial charge in [-0.05, 0) is 20.3 Å². The number of carbonyl (C=O) groups is 1. The molecule has 7 heteroatoms. The minimum atomic E-state index is -0.682. The molecule has 0 radical (unpaired) electrons. The van der Waals surface area contributed by atoms with Gasteiger partial charge in [0.2, 0.25) is 0 Å². The van der Waals surface area contributed by atoms with Crippen molar-refractivity contribution in [1.29, 1.82) is 0 Å². The molecule has 0 bridgehead atoms. The van der Waals surface area contributed by atoms with Crippen molar-refractivity contribution in [2.24, 2.45) is 5.73 Å². The lowest BCUT2D eigenvalue weighted by Gasteiger charge is -1.95. The van der Waals surface area contributed by atoms with Gasteiger partial charge in [-0.25, -0.2) is 4.79 Å². The fourth-order valence-electron chi connectivity index (χ4n) is 0.752. The van der Waals surface area contributed by atoms with E-state index < -0.39 is 6.09 Å². The molecule has 0 aliphatic rings. The van der Waals surface area contributed by atoms with Gasteiger partial charge in [0.05, 0.1) is 33.0 Å². The van der Waals surface area contributed by atoms with Crippen molar-refractivity contribution in [2.75, 3.05) is 46.2 Å². The van der Waals surface area contributed by atoms with Gasteiger partial charge in [0.1, 0.15) is 0 Å². The maximum absolute atomic E-state index is 9.87. The van der Waals surface area contributed by atoms with Crippen LogP contribution < -0.4 is 5.73 Å². The van der Waals surface area contributed by atoms with Crippen LogP contribution in [0.25, 0.3) is 0 Å². The van der Waals surface area contributed by atoms with Crippen LogP contribution in [0.1, 0.15) is 33.6 Å². The summed E-state index contributed by atoms with van der Waals surface area (Å²) >= 11 is 0. The van der Waals surface area contributed by atoms with E-state index in [1.807, 2.05) is 20.8 Å². The van der Waals surface area contributed by atoms with Gasteiger partial charge in [-0.2, -0.15) is 0 Å². The number of nitrogens with two attached hydrogens (primary N) is 1. The number of amides is 1. The number of unbranched alkanes of at least 4 members (excludes halogenated alkanes) is 1. The van der Waals surface area contributed by atoms with E-state index in [0.717, 1.165) is 26.1 Å². The van der Waals surface area contributed by atoms with Crippen LogP contribution in [-0.4, -0.2) is 62.6 Å². The van der Waals surface area contributed by atoms with E-state index >= 15 is 0 Å². The van der Waals surface area contributed by atoms with E-state index in [0.29, 0.717) is 19.8 Å². The third-order valence-electron chi connectivity index (χ3n) is 1.62. The first-order chi connectivity index (χ1) is 9.60. The van der Waals surface area contributed by atoms with Crippen LogP contribution in [0.4, 0.5) is 4.79 Å². The van der Waals surface area contributed by atoms with E-state index in [9.17, 15) is 4.79 Å². The zero-order chi connectivity index (χ0) is 16.1. The Bertz CT molecular complexity index is 163. The maximum atomic E-state index is 9.87. The fraction of sp³-hybridized carbons (Fsp3) is 0.923. The maximum Gasteiger partial charge on any atom is 0.404 e. The van der Waals surface area contributed by atoms with Crippen molar-refractivity contribution in [3.8, 4) is 0 Å². The number of rotatable bonds is 9. The van der Waals surface area contributed by atoms with Gasteiger partial charge in [-0.3, -0.25) is 0 Å². The summed E-state index contributed by atoms with van der Waals surface area (Å²) in [6.45, 7) is 8.83. The Morgan fingerprint density at radius 3 is 1.70 bits per heavy atom. The minimum Gasteiger partial charge on any atom is -0.450 e. The van der Waals surface area contributed by atoms with E-state index in [1.54, 1.807) is 0 Å². The Hall–Kier alpha value is -0.890. The molecule has 0 spiro atoms. The van der Waals surface area contributed by atoms with Crippen LogP contribution >= 0.6 is 0 Å². The molecule has 4 N–H and O–H groups in total. The predicted octanol–water partition coefficient (Wildman–Crippen LogP) is 0.912. The van der Waals surface area contributed by atoms with Gasteiger partial charge in [0.25, 0.3) is 0 Å². The van der Waals surface area contributed by atoms with Crippen LogP contribution in [0.3, 0.4) is 0 Å². The van der Waals surface area contributed by atoms with Gasteiger partial charge in [0, 0.05) is 13.2 Å². The highest BCUT2D eigenvalue weighted by molar-refractivity contribution is 5.64. The van der Waals surface area contributed by atoms with E-state index in [2.05, 4.69) is 15.2 Å². The molecule has 0 aliphatic carbocycles. The minimum absolute atomic E-state index is 0.0278. The number of aliphatic hydroxyl groups is 2. The Morgan fingerprint density at radius 1 is 0.950 bits per heavy atom. The van der Waals surface area contributed by atoms with Crippen LogP contribution in [0.15, 0.2) is 0 Å². The lowest BCUT2D eigenvalue weighted by atomic mass is 10.4. The highest BCUT2D eigenvalue weighted by Gasteiger charge is 1.88. The van der Waals surface area contributed by atoms with Gasteiger partial charge < -0.3 is 30.2 Å². The van der Waals surface area contributed by atoms with Gasteiger partial charge >= 0.3 is 6.09 Å². The molecule has 0 atom stereocenters. The second-order valence-electron chi connectivity index (χ2n) is 3.36. The molecule has 1 amide bonds. The molecule has 0 fully saturated rings. The summed E-state index contributed by atoms with van der Waals surface area (Å²) in [6, 6.07) is 0. The molecule has 20 heavy (non-hydrogen) atoms. The van der Waals surface area contributed by atoms with Crippen molar-refractivity contribution >= 4 is 6.09 Å². The van der Waals surface area contributed by atoms with Crippen LogP contribution in [0.2, 0.25) is 0 Å². The molecule has 0 unspecified atom stereocenters. The van der Waals surface area contributed by atoms with Crippen molar-refractivity contribution in [1.82, 2.24) is 0 Å². The van der Waals surface area contributed by atoms with Crippen LogP contribution in [0.5, 0.6) is 0 Å². The molecule has 0 aromatic carbocycles. The van der Waals surface area contributed by atoms with Crippen molar-refractivity contribution in [2.45, 2.75) is 33.6 Å². The summed E-state index contributed by atoms with van der Waals surface area (Å²) in [5.74, 6) is 0. The molecule has 0 aromatic heterocycles. The monoisotopic (exact) mass is 297 g/mol. The fourth-order valence-corrected chi connectivity index (χ4v) is 0.752. The first-order valence-corrected chi connectivity index (χ1v) is 6.89. The normalized spacial score (nSPS) is 8.85. The molecule has 7 nitrogen and oxygen atoms in total. The summed E-state index contributed by atoms with van der Waals surface area (Å²) in [5.41, 5.74) is 4.67. The standard InChI is InChI=1S/C5H11NO2.C4H10O3.C4H10O/c1-2-3-4-8-5(6)7;5-1-3-7-4-2-6;1-3-5-4-2/h2-4H2,1H3,(H2,6,7);5-6H,1-4H2;3-4H2,1-2H3. The zero-order valence-corrected chi connectivity index (χ0v) is 13.0. The summed E-state index contributed by atoms with van der Waals surface area (Å²) < 4.78 is 13.9. The zero-order valence-electron chi connectivity index (χ0n) is 13.0. The largest absolute Gasteiger partial charge is 0.450 e. The second kappa shape index (κ2) is 26.6. The third kappa shape index (κ3) is 43.4. The Balaban J connectivity index is -0.000000223. The summed E-state index contributed by atoms with van der Waals surface area (Å²) in [4.78, 5) is 9.87. The van der Waals surface area contributed by atoms with Crippen LogP contribution in [0, 0.1) is 0 Å². The molecule has 0 heterocycles. The first-order valence-electron chi connectivity index (χ1n) is 6.89. The molecule has 0 aromatic rings. The average Bonchev–Trinajstić information content (AvgIpc) is 2.42. The molecular formula is C13H31NO6. The van der Waals surface area contributed by atoms with Gasteiger partial charge in [-0.1, -0.05) is 13.3 Å². The molecule has 0 aliphatic heterocycles. The SMILES string of the molecule is CCCCOC(N)=O.CCOCC.OCCOCCO. The number of aliphatic hydroxyl groups excluding tert-OH is 2. The third-order valence-corrected chi connectivity index (χ3v) is 1.62. The first kappa shape index (κ1) is 24.1. The lowest BCUT2D eigenvalue weighted by molar-refractivity contribution is 0.0650. The number of ether oxygens (including phenoxy) is 3. The molecule has 124 valence electrons. The smallest absolute Gasteiger partial charge is 0.404 e. The Morgan fingerprint density at radius 2 is 1.45 bits per heavy atom. The summed E-state index contributed by atoms with van der Waals surface area (Å²) in [7, 11) is 0. The van der Waals surface area contributed by atoms with Crippen molar-refractivity contribution in [3.05, 3.63) is 0 Å². The molecular weight excluding hydrogens is 266 g/mol. The number of carbonyl (C=O) groups excluding carboxylic acids is 1. The topological polar surface area (TPSA) is 111 Å². The van der Waals surface area contributed by atoms with E-state index in [4.69, 9.17) is 14.9 Å². The predicted molar refractivity (Wildman–Crippen MR) is 77.6 cm³/mol. The Labute approximate surface area is 122 Å². The quantitative estimate of drug-likeness (QED) is 0.545.